The fourth-order valence-corrected chi connectivity index (χ4v) is 1.64. The van der Waals surface area contributed by atoms with E-state index < -0.39 is 22.0 Å². The third-order valence-electron chi connectivity index (χ3n) is 3.31. The summed E-state index contributed by atoms with van der Waals surface area (Å²) in [4.78, 5) is 9.86. The van der Waals surface area contributed by atoms with Crippen LogP contribution in [0.4, 0.5) is 10.1 Å². The molecule has 106 valence electrons. The quantitative estimate of drug-likeness (QED) is 0.610. The van der Waals surface area contributed by atoms with Crippen molar-refractivity contribution in [1.29, 1.82) is 0 Å². The molecule has 0 saturated carbocycles. The lowest BCUT2D eigenvalue weighted by Gasteiger charge is -2.26. The molecule has 0 bridgehead atoms. The Labute approximate surface area is 111 Å². The summed E-state index contributed by atoms with van der Waals surface area (Å²) >= 11 is 0. The van der Waals surface area contributed by atoms with Crippen molar-refractivity contribution in [2.24, 2.45) is 5.73 Å². The Morgan fingerprint density at radius 3 is 2.58 bits per heavy atom. The number of halogens is 1. The molecule has 1 aromatic rings. The van der Waals surface area contributed by atoms with Gasteiger partial charge in [0.2, 0.25) is 5.82 Å². The number of ether oxygens (including phenoxy) is 1. The molecule has 1 rings (SSSR count). The van der Waals surface area contributed by atoms with E-state index in [9.17, 15) is 14.5 Å². The molecular formula is C13H19FN2O3. The van der Waals surface area contributed by atoms with E-state index in [0.29, 0.717) is 6.61 Å². The topological polar surface area (TPSA) is 78.4 Å². The van der Waals surface area contributed by atoms with Gasteiger partial charge in [-0.25, -0.2) is 0 Å². The summed E-state index contributed by atoms with van der Waals surface area (Å²) in [5, 5.41) is 10.6. The van der Waals surface area contributed by atoms with Gasteiger partial charge in [-0.2, -0.15) is 4.39 Å². The van der Waals surface area contributed by atoms with E-state index in [1.807, 2.05) is 13.8 Å². The van der Waals surface area contributed by atoms with Gasteiger partial charge in [0.05, 0.1) is 18.1 Å². The first kappa shape index (κ1) is 15.5. The van der Waals surface area contributed by atoms with E-state index in [1.54, 1.807) is 0 Å². The van der Waals surface area contributed by atoms with Crippen LogP contribution in [0.1, 0.15) is 32.3 Å². The summed E-state index contributed by atoms with van der Waals surface area (Å²) in [6, 6.07) is 4.04. The van der Waals surface area contributed by atoms with Gasteiger partial charge >= 0.3 is 5.69 Å². The Bertz CT molecular complexity index is 448. The van der Waals surface area contributed by atoms with Gasteiger partial charge in [-0.05, 0) is 12.8 Å². The van der Waals surface area contributed by atoms with Crippen LogP contribution in [0.5, 0.6) is 0 Å². The molecule has 0 saturated heterocycles. The van der Waals surface area contributed by atoms with Crippen LogP contribution in [0, 0.1) is 15.9 Å². The summed E-state index contributed by atoms with van der Waals surface area (Å²) < 4.78 is 19.1. The molecule has 0 heterocycles. The van der Waals surface area contributed by atoms with E-state index in [-0.39, 0.29) is 12.2 Å². The zero-order chi connectivity index (χ0) is 14.5. The number of nitrogens with two attached hydrogens (primary N) is 1. The second-order valence-electron chi connectivity index (χ2n) is 4.57. The van der Waals surface area contributed by atoms with Crippen molar-refractivity contribution >= 4 is 5.69 Å². The van der Waals surface area contributed by atoms with Crippen LogP contribution in [0.3, 0.4) is 0 Å². The van der Waals surface area contributed by atoms with Gasteiger partial charge in [0.1, 0.15) is 0 Å². The van der Waals surface area contributed by atoms with Gasteiger partial charge in [-0.1, -0.05) is 26.0 Å². The van der Waals surface area contributed by atoms with Crippen LogP contribution in [-0.2, 0) is 11.3 Å². The van der Waals surface area contributed by atoms with Gasteiger partial charge in [0, 0.05) is 17.2 Å². The van der Waals surface area contributed by atoms with Crippen molar-refractivity contribution in [3.63, 3.8) is 0 Å². The standard InChI is InChI=1S/C13H19FN2O3/c1-3-13(15,4-2)9-19-8-10-6-5-7-11(12(10)14)16(17)18/h5-7H,3-4,8-9,15H2,1-2H3. The van der Waals surface area contributed by atoms with Gasteiger partial charge in [-0.3, -0.25) is 10.1 Å². The molecule has 0 aliphatic carbocycles. The second kappa shape index (κ2) is 6.58. The zero-order valence-electron chi connectivity index (χ0n) is 11.2. The Morgan fingerprint density at radius 2 is 2.05 bits per heavy atom. The van der Waals surface area contributed by atoms with Crippen molar-refractivity contribution in [1.82, 2.24) is 0 Å². The zero-order valence-corrected chi connectivity index (χ0v) is 11.2. The van der Waals surface area contributed by atoms with Crippen LogP contribution in [0.15, 0.2) is 18.2 Å². The minimum atomic E-state index is -0.844. The van der Waals surface area contributed by atoms with Crippen LogP contribution in [-0.4, -0.2) is 17.1 Å². The highest BCUT2D eigenvalue weighted by molar-refractivity contribution is 5.36. The molecular weight excluding hydrogens is 251 g/mol. The first-order chi connectivity index (χ1) is 8.93. The number of hydrogen-bond acceptors (Lipinski definition) is 4. The van der Waals surface area contributed by atoms with E-state index in [1.165, 1.54) is 12.1 Å². The summed E-state index contributed by atoms with van der Waals surface area (Å²) in [6.07, 6.45) is 1.50. The van der Waals surface area contributed by atoms with Crippen molar-refractivity contribution in [2.75, 3.05) is 6.61 Å². The Balaban J connectivity index is 2.69. The third-order valence-corrected chi connectivity index (χ3v) is 3.31. The Hall–Kier alpha value is -1.53. The number of rotatable bonds is 7. The molecule has 0 aliphatic rings. The normalized spacial score (nSPS) is 11.6. The minimum Gasteiger partial charge on any atom is -0.375 e. The summed E-state index contributed by atoms with van der Waals surface area (Å²) in [7, 11) is 0. The maximum Gasteiger partial charge on any atom is 0.305 e. The van der Waals surface area contributed by atoms with Gasteiger partial charge in [0.15, 0.2) is 0 Å². The number of nitrogens with zero attached hydrogens (tertiary/aromatic N) is 1. The smallest absolute Gasteiger partial charge is 0.305 e. The molecule has 0 radical (unpaired) electrons. The van der Waals surface area contributed by atoms with Gasteiger partial charge in [0.25, 0.3) is 0 Å². The summed E-state index contributed by atoms with van der Waals surface area (Å²) in [6.45, 7) is 4.19. The molecule has 0 aromatic heterocycles. The number of hydrogen-bond donors (Lipinski definition) is 1. The highest BCUT2D eigenvalue weighted by Gasteiger charge is 2.21. The SMILES string of the molecule is CCC(N)(CC)COCc1cccc([N+](=O)[O-])c1F. The molecule has 19 heavy (non-hydrogen) atoms. The lowest BCUT2D eigenvalue weighted by molar-refractivity contribution is -0.387. The predicted molar refractivity (Wildman–Crippen MR) is 70.2 cm³/mol. The molecule has 5 nitrogen and oxygen atoms in total. The van der Waals surface area contributed by atoms with E-state index in [4.69, 9.17) is 10.5 Å². The van der Waals surface area contributed by atoms with Crippen molar-refractivity contribution < 1.29 is 14.1 Å². The molecule has 0 fully saturated rings. The maximum absolute atomic E-state index is 13.8. The average molecular weight is 270 g/mol. The molecule has 2 N–H and O–H groups in total. The first-order valence-corrected chi connectivity index (χ1v) is 6.22. The maximum atomic E-state index is 13.8. The van der Waals surface area contributed by atoms with Crippen molar-refractivity contribution in [3.05, 3.63) is 39.7 Å². The van der Waals surface area contributed by atoms with Crippen LogP contribution < -0.4 is 5.73 Å². The first-order valence-electron chi connectivity index (χ1n) is 6.22. The van der Waals surface area contributed by atoms with E-state index >= 15 is 0 Å². The van der Waals surface area contributed by atoms with Crippen molar-refractivity contribution in [3.8, 4) is 0 Å². The fraction of sp³-hybridized carbons (Fsp3) is 0.538. The highest BCUT2D eigenvalue weighted by atomic mass is 19.1. The monoisotopic (exact) mass is 270 g/mol. The Kier molecular flexibility index (Phi) is 5.38. The van der Waals surface area contributed by atoms with Crippen LogP contribution >= 0.6 is 0 Å². The van der Waals surface area contributed by atoms with Crippen molar-refractivity contribution in [2.45, 2.75) is 38.8 Å². The van der Waals surface area contributed by atoms with Gasteiger partial charge in [-0.15, -0.1) is 0 Å². The van der Waals surface area contributed by atoms with Gasteiger partial charge < -0.3 is 10.5 Å². The number of nitro groups is 1. The molecule has 0 atom stereocenters. The summed E-state index contributed by atoms with van der Waals surface area (Å²) in [5.41, 5.74) is 5.25. The third kappa shape index (κ3) is 3.97. The van der Waals surface area contributed by atoms with Crippen LogP contribution in [0.25, 0.3) is 0 Å². The van der Waals surface area contributed by atoms with Crippen LogP contribution in [0.2, 0.25) is 0 Å². The summed E-state index contributed by atoms with van der Waals surface area (Å²) in [5.74, 6) is -0.844. The van der Waals surface area contributed by atoms with E-state index in [0.717, 1.165) is 18.9 Å². The molecule has 0 aliphatic heterocycles. The molecule has 0 unspecified atom stereocenters. The number of nitro benzene ring substituents is 1. The predicted octanol–water partition coefficient (Wildman–Crippen LogP) is 2.77. The minimum absolute atomic E-state index is 0.0214. The molecule has 1 aromatic carbocycles. The lowest BCUT2D eigenvalue weighted by atomic mass is 9.96. The molecule has 0 amide bonds. The largest absolute Gasteiger partial charge is 0.375 e. The number of benzene rings is 1. The van der Waals surface area contributed by atoms with E-state index in [2.05, 4.69) is 0 Å². The fourth-order valence-electron chi connectivity index (χ4n) is 1.64. The lowest BCUT2D eigenvalue weighted by Crippen LogP contribution is -2.43. The molecule has 6 heteroatoms. The molecule has 0 spiro atoms. The second-order valence-corrected chi connectivity index (χ2v) is 4.57. The highest BCUT2D eigenvalue weighted by Crippen LogP contribution is 2.21. The average Bonchev–Trinajstić information content (AvgIpc) is 2.40. The Morgan fingerprint density at radius 1 is 1.42 bits per heavy atom.